The summed E-state index contributed by atoms with van der Waals surface area (Å²) < 4.78 is 12.9. The van der Waals surface area contributed by atoms with Gasteiger partial charge in [-0.25, -0.2) is 4.39 Å². The van der Waals surface area contributed by atoms with Gasteiger partial charge in [-0.3, -0.25) is 0 Å². The predicted molar refractivity (Wildman–Crippen MR) is 74.1 cm³/mol. The van der Waals surface area contributed by atoms with E-state index in [0.29, 0.717) is 5.92 Å². The lowest BCUT2D eigenvalue weighted by molar-refractivity contribution is 0.346. The molecule has 0 saturated heterocycles. The Morgan fingerprint density at radius 1 is 1.22 bits per heavy atom. The first-order chi connectivity index (χ1) is 8.44. The van der Waals surface area contributed by atoms with Gasteiger partial charge in [-0.1, -0.05) is 12.1 Å². The van der Waals surface area contributed by atoms with Crippen LogP contribution in [-0.4, -0.2) is 12.1 Å². The molecule has 1 atom stereocenters. The third-order valence-electron chi connectivity index (χ3n) is 3.59. The smallest absolute Gasteiger partial charge is 0.123 e. The molecule has 2 heteroatoms. The zero-order chi connectivity index (χ0) is 13.2. The largest absolute Gasteiger partial charge is 0.312 e. The molecular weight excluding hydrogens is 225 g/mol. The van der Waals surface area contributed by atoms with Crippen LogP contribution in [0.15, 0.2) is 24.3 Å². The molecule has 1 unspecified atom stereocenters. The third-order valence-corrected chi connectivity index (χ3v) is 3.59. The second kappa shape index (κ2) is 5.40. The number of halogens is 1. The van der Waals surface area contributed by atoms with Crippen LogP contribution in [0.1, 0.15) is 39.2 Å². The Labute approximate surface area is 110 Å². The molecule has 2 rings (SSSR count). The van der Waals surface area contributed by atoms with Crippen molar-refractivity contribution in [1.29, 1.82) is 0 Å². The van der Waals surface area contributed by atoms with Gasteiger partial charge in [0.2, 0.25) is 0 Å². The van der Waals surface area contributed by atoms with Gasteiger partial charge >= 0.3 is 0 Å². The predicted octanol–water partition coefficient (Wildman–Crippen LogP) is 3.78. The number of hydrogen-bond acceptors (Lipinski definition) is 1. The molecule has 0 bridgehead atoms. The second-order valence-corrected chi connectivity index (χ2v) is 6.56. The van der Waals surface area contributed by atoms with Gasteiger partial charge in [-0.2, -0.15) is 0 Å². The van der Waals surface area contributed by atoms with Crippen LogP contribution >= 0.6 is 0 Å². The maximum atomic E-state index is 12.9. The quantitative estimate of drug-likeness (QED) is 0.837. The van der Waals surface area contributed by atoms with Gasteiger partial charge in [0.15, 0.2) is 0 Å². The highest BCUT2D eigenvalue weighted by Crippen LogP contribution is 2.38. The van der Waals surface area contributed by atoms with E-state index in [4.69, 9.17) is 0 Å². The van der Waals surface area contributed by atoms with Crippen molar-refractivity contribution in [3.8, 4) is 0 Å². The molecule has 1 aliphatic rings. The minimum Gasteiger partial charge on any atom is -0.312 e. The molecule has 0 aliphatic heterocycles. The van der Waals surface area contributed by atoms with E-state index in [9.17, 15) is 4.39 Å². The lowest BCUT2D eigenvalue weighted by Gasteiger charge is -2.25. The van der Waals surface area contributed by atoms with Crippen LogP contribution in [0.25, 0.3) is 0 Å². The lowest BCUT2D eigenvalue weighted by Crippen LogP contribution is -2.40. The van der Waals surface area contributed by atoms with Gasteiger partial charge in [0.1, 0.15) is 5.82 Å². The first-order valence-corrected chi connectivity index (χ1v) is 6.93. The first-order valence-electron chi connectivity index (χ1n) is 6.93. The maximum absolute atomic E-state index is 12.9. The van der Waals surface area contributed by atoms with Gasteiger partial charge in [0.25, 0.3) is 0 Å². The molecule has 18 heavy (non-hydrogen) atoms. The summed E-state index contributed by atoms with van der Waals surface area (Å²) in [5.74, 6) is 1.41. The topological polar surface area (TPSA) is 12.0 Å². The zero-order valence-corrected chi connectivity index (χ0v) is 11.7. The van der Waals surface area contributed by atoms with E-state index in [2.05, 4.69) is 26.1 Å². The third kappa shape index (κ3) is 4.41. The Kier molecular flexibility index (Phi) is 4.06. The second-order valence-electron chi connectivity index (χ2n) is 6.56. The van der Waals surface area contributed by atoms with E-state index < -0.39 is 0 Å². The monoisotopic (exact) mass is 249 g/mol. The van der Waals surface area contributed by atoms with E-state index in [-0.39, 0.29) is 11.4 Å². The summed E-state index contributed by atoms with van der Waals surface area (Å²) >= 11 is 0. The summed E-state index contributed by atoms with van der Waals surface area (Å²) in [7, 11) is 0. The molecule has 0 aromatic heterocycles. The van der Waals surface area contributed by atoms with Crippen molar-refractivity contribution in [2.45, 2.75) is 45.6 Å². The van der Waals surface area contributed by atoms with Crippen LogP contribution in [0.4, 0.5) is 4.39 Å². The fourth-order valence-corrected chi connectivity index (χ4v) is 2.33. The van der Waals surface area contributed by atoms with E-state index >= 15 is 0 Å². The molecule has 1 nitrogen and oxygen atoms in total. The summed E-state index contributed by atoms with van der Waals surface area (Å²) in [6.07, 6.45) is 3.78. The van der Waals surface area contributed by atoms with E-state index in [0.717, 1.165) is 18.9 Å². The van der Waals surface area contributed by atoms with E-state index in [1.165, 1.54) is 18.4 Å². The Morgan fingerprint density at radius 3 is 2.33 bits per heavy atom. The average Bonchev–Trinajstić information content (AvgIpc) is 3.09. The van der Waals surface area contributed by atoms with Crippen molar-refractivity contribution in [3.05, 3.63) is 35.6 Å². The highest BCUT2D eigenvalue weighted by Gasteiger charge is 2.31. The van der Waals surface area contributed by atoms with Crippen LogP contribution in [0, 0.1) is 17.7 Å². The molecule has 1 saturated carbocycles. The molecule has 1 aliphatic carbocycles. The summed E-state index contributed by atoms with van der Waals surface area (Å²) in [4.78, 5) is 0. The average molecular weight is 249 g/mol. The Balaban J connectivity index is 1.92. The Hall–Kier alpha value is -0.890. The molecule has 1 aromatic rings. The van der Waals surface area contributed by atoms with Crippen LogP contribution in [0.5, 0.6) is 0 Å². The van der Waals surface area contributed by atoms with Crippen molar-refractivity contribution in [2.24, 2.45) is 11.8 Å². The molecule has 0 spiro atoms. The van der Waals surface area contributed by atoms with Gasteiger partial charge in [-0.05, 0) is 76.1 Å². The molecule has 100 valence electrons. The zero-order valence-electron chi connectivity index (χ0n) is 11.7. The Morgan fingerprint density at radius 2 is 1.83 bits per heavy atom. The van der Waals surface area contributed by atoms with Crippen LogP contribution in [-0.2, 0) is 6.42 Å². The Bertz CT molecular complexity index is 373. The van der Waals surface area contributed by atoms with Crippen molar-refractivity contribution >= 4 is 0 Å². The van der Waals surface area contributed by atoms with Gasteiger partial charge < -0.3 is 5.32 Å². The van der Waals surface area contributed by atoms with Crippen LogP contribution in [0.2, 0.25) is 0 Å². The minimum atomic E-state index is -0.144. The standard InChI is InChI=1S/C16H24FN/c1-16(2,3)18-11-14(13-6-7-13)10-12-4-8-15(17)9-5-12/h4-5,8-9,13-14,18H,6-7,10-11H2,1-3H3. The number of benzene rings is 1. The fraction of sp³-hybridized carbons (Fsp3) is 0.625. The molecule has 1 fully saturated rings. The molecule has 0 amide bonds. The first kappa shape index (κ1) is 13.5. The molecule has 0 heterocycles. The highest BCUT2D eigenvalue weighted by molar-refractivity contribution is 5.17. The summed E-state index contributed by atoms with van der Waals surface area (Å²) in [5, 5.41) is 3.60. The van der Waals surface area contributed by atoms with Crippen molar-refractivity contribution < 1.29 is 4.39 Å². The highest BCUT2D eigenvalue weighted by atomic mass is 19.1. The van der Waals surface area contributed by atoms with Crippen molar-refractivity contribution in [1.82, 2.24) is 5.32 Å². The molecule has 0 radical (unpaired) electrons. The molecule has 1 N–H and O–H groups in total. The summed E-state index contributed by atoms with van der Waals surface area (Å²) in [6.45, 7) is 7.67. The molecular formula is C16H24FN. The normalized spacial score (nSPS) is 17.8. The van der Waals surface area contributed by atoms with Crippen LogP contribution in [0.3, 0.4) is 0 Å². The number of hydrogen-bond donors (Lipinski definition) is 1. The van der Waals surface area contributed by atoms with Gasteiger partial charge in [0.05, 0.1) is 0 Å². The lowest BCUT2D eigenvalue weighted by atomic mass is 9.93. The number of nitrogens with one attached hydrogen (secondary N) is 1. The molecule has 1 aromatic carbocycles. The summed E-state index contributed by atoms with van der Waals surface area (Å²) in [6, 6.07) is 6.97. The van der Waals surface area contributed by atoms with Crippen LogP contribution < -0.4 is 5.32 Å². The maximum Gasteiger partial charge on any atom is 0.123 e. The number of rotatable bonds is 5. The van der Waals surface area contributed by atoms with Crippen molar-refractivity contribution in [3.63, 3.8) is 0 Å². The minimum absolute atomic E-state index is 0.144. The van der Waals surface area contributed by atoms with Crippen molar-refractivity contribution in [2.75, 3.05) is 6.54 Å². The SMILES string of the molecule is CC(C)(C)NCC(Cc1ccc(F)cc1)C1CC1. The van der Waals surface area contributed by atoms with Gasteiger partial charge in [-0.15, -0.1) is 0 Å². The summed E-state index contributed by atoms with van der Waals surface area (Å²) in [5.41, 5.74) is 1.43. The van der Waals surface area contributed by atoms with E-state index in [1.807, 2.05) is 12.1 Å². The van der Waals surface area contributed by atoms with Gasteiger partial charge in [0, 0.05) is 5.54 Å². The fourth-order valence-electron chi connectivity index (χ4n) is 2.33. The van der Waals surface area contributed by atoms with E-state index in [1.54, 1.807) is 12.1 Å².